The van der Waals surface area contributed by atoms with Gasteiger partial charge in [-0.3, -0.25) is 9.36 Å². The first-order valence-electron chi connectivity index (χ1n) is 11.4. The zero-order valence-corrected chi connectivity index (χ0v) is 20.5. The van der Waals surface area contributed by atoms with Gasteiger partial charge in [-0.05, 0) is 49.2 Å². The summed E-state index contributed by atoms with van der Waals surface area (Å²) < 4.78 is 21.9. The Labute approximate surface area is 208 Å². The fourth-order valence-electron chi connectivity index (χ4n) is 3.39. The first-order valence-corrected chi connectivity index (χ1v) is 12.3. The number of carbonyl (C=O) groups excluding carboxylic acids is 1. The van der Waals surface area contributed by atoms with Crippen molar-refractivity contribution >= 4 is 17.7 Å². The first-order chi connectivity index (χ1) is 17.0. The molecular weight excluding hydrogens is 463 g/mol. The molecule has 1 heterocycles. The van der Waals surface area contributed by atoms with E-state index in [0.29, 0.717) is 29.7 Å². The number of hydrogen-bond acceptors (Lipinski definition) is 5. The van der Waals surface area contributed by atoms with Crippen molar-refractivity contribution in [2.45, 2.75) is 38.3 Å². The summed E-state index contributed by atoms with van der Waals surface area (Å²) >= 11 is 1.26. The molecule has 0 radical (unpaired) electrons. The van der Waals surface area contributed by atoms with Crippen molar-refractivity contribution in [1.82, 2.24) is 20.1 Å². The average Bonchev–Trinajstić information content (AvgIpc) is 3.30. The molecule has 0 bridgehead atoms. The Hall–Kier alpha value is -3.49. The molecule has 1 amide bonds. The molecule has 35 heavy (non-hydrogen) atoms. The van der Waals surface area contributed by atoms with Crippen LogP contribution in [-0.4, -0.2) is 32.5 Å². The van der Waals surface area contributed by atoms with Crippen LogP contribution in [0.5, 0.6) is 0 Å². The molecule has 0 saturated heterocycles. The minimum atomic E-state index is -0.381. The molecule has 0 aliphatic rings. The van der Waals surface area contributed by atoms with E-state index < -0.39 is 0 Å². The fourth-order valence-corrected chi connectivity index (χ4v) is 4.17. The molecule has 4 aromatic rings. The number of thioether (sulfide) groups is 1. The van der Waals surface area contributed by atoms with Gasteiger partial charge in [-0.2, -0.15) is 0 Å². The monoisotopic (exact) mass is 490 g/mol. The van der Waals surface area contributed by atoms with Gasteiger partial charge in [-0.15, -0.1) is 10.2 Å². The number of aromatic nitrogens is 3. The Kier molecular flexibility index (Phi) is 8.28. The Balaban J connectivity index is 1.41. The summed E-state index contributed by atoms with van der Waals surface area (Å²) in [6.07, 6.45) is 0.182. The lowest BCUT2D eigenvalue weighted by molar-refractivity contribution is -0.118. The molecule has 0 fully saturated rings. The second kappa shape index (κ2) is 11.8. The van der Waals surface area contributed by atoms with Gasteiger partial charge in [-0.1, -0.05) is 66.4 Å². The molecule has 0 saturated carbocycles. The maximum atomic E-state index is 14.5. The summed E-state index contributed by atoms with van der Waals surface area (Å²) in [5, 5.41) is 11.9. The summed E-state index contributed by atoms with van der Waals surface area (Å²) in [6, 6.07) is 23.9. The summed E-state index contributed by atoms with van der Waals surface area (Å²) in [5.41, 5.74) is 3.24. The lowest BCUT2D eigenvalue weighted by atomic mass is 10.1. The first kappa shape index (κ1) is 24.6. The molecule has 1 aromatic heterocycles. The number of hydrogen-bond donors (Lipinski definition) is 1. The zero-order chi connectivity index (χ0) is 24.6. The van der Waals surface area contributed by atoms with Crippen molar-refractivity contribution in [3.63, 3.8) is 0 Å². The third-order valence-corrected chi connectivity index (χ3v) is 6.12. The highest BCUT2D eigenvalue weighted by molar-refractivity contribution is 7.99. The van der Waals surface area contributed by atoms with Gasteiger partial charge in [0.2, 0.25) is 5.91 Å². The van der Waals surface area contributed by atoms with E-state index in [1.165, 1.54) is 17.8 Å². The van der Waals surface area contributed by atoms with Gasteiger partial charge in [0.25, 0.3) is 0 Å². The van der Waals surface area contributed by atoms with Crippen molar-refractivity contribution in [1.29, 1.82) is 0 Å². The van der Waals surface area contributed by atoms with Crippen LogP contribution in [0, 0.1) is 5.82 Å². The zero-order valence-electron chi connectivity index (χ0n) is 19.6. The lowest BCUT2D eigenvalue weighted by Crippen LogP contribution is -2.24. The number of halogens is 1. The highest BCUT2D eigenvalue weighted by Gasteiger charge is 2.19. The predicted octanol–water partition coefficient (Wildman–Crippen LogP) is 5.41. The Morgan fingerprint density at radius 1 is 0.971 bits per heavy atom. The second-order valence-electron chi connectivity index (χ2n) is 8.20. The number of nitrogens with zero attached hydrogens (tertiary/aromatic N) is 3. The van der Waals surface area contributed by atoms with Crippen LogP contribution >= 0.6 is 11.8 Å². The minimum absolute atomic E-state index is 0.128. The van der Waals surface area contributed by atoms with Crippen LogP contribution in [0.2, 0.25) is 0 Å². The molecule has 0 unspecified atom stereocenters. The fraction of sp³-hybridized carbons (Fsp3) is 0.222. The molecule has 3 aromatic carbocycles. The van der Waals surface area contributed by atoms with Gasteiger partial charge in [0.15, 0.2) is 11.0 Å². The molecule has 0 aliphatic heterocycles. The molecule has 0 spiro atoms. The van der Waals surface area contributed by atoms with Gasteiger partial charge < -0.3 is 10.1 Å². The van der Waals surface area contributed by atoms with E-state index in [2.05, 4.69) is 15.5 Å². The summed E-state index contributed by atoms with van der Waals surface area (Å²) in [5.74, 6) is 0.0342. The number of carbonyl (C=O) groups is 1. The summed E-state index contributed by atoms with van der Waals surface area (Å²) in [4.78, 5) is 12.5. The van der Waals surface area contributed by atoms with E-state index >= 15 is 0 Å². The van der Waals surface area contributed by atoms with Crippen molar-refractivity contribution in [3.8, 4) is 17.1 Å². The average molecular weight is 491 g/mol. The van der Waals surface area contributed by atoms with Crippen LogP contribution in [0.3, 0.4) is 0 Å². The molecule has 1 N–H and O–H groups in total. The van der Waals surface area contributed by atoms with E-state index in [-0.39, 0.29) is 23.6 Å². The van der Waals surface area contributed by atoms with Crippen LogP contribution in [0.15, 0.2) is 84.0 Å². The molecule has 180 valence electrons. The van der Waals surface area contributed by atoms with E-state index in [0.717, 1.165) is 16.8 Å². The third-order valence-electron chi connectivity index (χ3n) is 5.19. The Morgan fingerprint density at radius 3 is 2.37 bits per heavy atom. The smallest absolute Gasteiger partial charge is 0.230 e. The SMILES string of the molecule is CC(C)OCc1ccc(CNC(=O)CSc2nnc(-c3ccccc3F)n2-c2ccccc2)cc1. The standard InChI is InChI=1S/C27H27FN4O2S/c1-19(2)34-17-21-14-12-20(13-15-21)16-29-25(33)18-35-27-31-30-26(23-10-6-7-11-24(23)28)32(27)22-8-4-3-5-9-22/h3-15,19H,16-18H2,1-2H3,(H,29,33). The number of nitrogens with one attached hydrogen (secondary N) is 1. The summed E-state index contributed by atoms with van der Waals surface area (Å²) in [7, 11) is 0. The third kappa shape index (κ3) is 6.55. The van der Waals surface area contributed by atoms with E-state index in [4.69, 9.17) is 4.74 Å². The second-order valence-corrected chi connectivity index (χ2v) is 9.14. The van der Waals surface area contributed by atoms with Gasteiger partial charge >= 0.3 is 0 Å². The quantitative estimate of drug-likeness (QED) is 0.301. The minimum Gasteiger partial charge on any atom is -0.374 e. The van der Waals surface area contributed by atoms with E-state index in [1.807, 2.05) is 68.4 Å². The molecule has 0 aliphatic carbocycles. The van der Waals surface area contributed by atoms with E-state index in [9.17, 15) is 9.18 Å². The molecular formula is C27H27FN4O2S. The topological polar surface area (TPSA) is 69.0 Å². The highest BCUT2D eigenvalue weighted by atomic mass is 32.2. The molecule has 0 atom stereocenters. The van der Waals surface area contributed by atoms with Crippen LogP contribution < -0.4 is 5.32 Å². The number of ether oxygens (including phenoxy) is 1. The van der Waals surface area contributed by atoms with Crippen molar-refractivity contribution in [3.05, 3.63) is 95.8 Å². The van der Waals surface area contributed by atoms with Crippen molar-refractivity contribution < 1.29 is 13.9 Å². The molecule has 6 nitrogen and oxygen atoms in total. The van der Waals surface area contributed by atoms with E-state index in [1.54, 1.807) is 22.8 Å². The molecule has 4 rings (SSSR count). The van der Waals surface area contributed by atoms with Gasteiger partial charge in [0.05, 0.1) is 24.0 Å². The van der Waals surface area contributed by atoms with Crippen LogP contribution in [0.25, 0.3) is 17.1 Å². The Morgan fingerprint density at radius 2 is 1.66 bits per heavy atom. The maximum Gasteiger partial charge on any atom is 0.230 e. The largest absolute Gasteiger partial charge is 0.374 e. The number of benzene rings is 3. The lowest BCUT2D eigenvalue weighted by Gasteiger charge is -2.11. The number of para-hydroxylation sites is 1. The maximum absolute atomic E-state index is 14.5. The molecule has 8 heteroatoms. The number of rotatable bonds is 10. The predicted molar refractivity (Wildman–Crippen MR) is 136 cm³/mol. The van der Waals surface area contributed by atoms with Gasteiger partial charge in [-0.25, -0.2) is 4.39 Å². The van der Waals surface area contributed by atoms with Crippen LogP contribution in [0.1, 0.15) is 25.0 Å². The van der Waals surface area contributed by atoms with Crippen molar-refractivity contribution in [2.24, 2.45) is 0 Å². The Bertz CT molecular complexity index is 1260. The van der Waals surface area contributed by atoms with Crippen LogP contribution in [-0.2, 0) is 22.7 Å². The normalized spacial score (nSPS) is 11.1. The number of amides is 1. The summed E-state index contributed by atoms with van der Waals surface area (Å²) in [6.45, 7) is 5.00. The van der Waals surface area contributed by atoms with Crippen LogP contribution in [0.4, 0.5) is 4.39 Å². The highest BCUT2D eigenvalue weighted by Crippen LogP contribution is 2.29. The van der Waals surface area contributed by atoms with Crippen molar-refractivity contribution in [2.75, 3.05) is 5.75 Å². The van der Waals surface area contributed by atoms with Gasteiger partial charge in [0, 0.05) is 12.2 Å². The van der Waals surface area contributed by atoms with Gasteiger partial charge in [0.1, 0.15) is 5.82 Å².